The standard InChI is InChI=1S/C25H40/c1-16(2)22-11-7-18(5)13-24(22)20-9-10-21(15-20)25-14-19(6)8-12-23(25)17(3)4/h9,15-19,22-25H,7-8,11-14H2,1-6H3/t18-,19-,22+,23+,24+,25+/m1/s1. The molecule has 0 heteroatoms. The first kappa shape index (κ1) is 19.0. The number of rotatable bonds is 4. The smallest absolute Gasteiger partial charge is 0.00232 e. The Bertz CT molecular complexity index is 555. The maximum Gasteiger partial charge on any atom is -0.00232 e. The van der Waals surface area contributed by atoms with Crippen LogP contribution in [-0.4, -0.2) is 0 Å². The molecule has 3 rings (SSSR count). The van der Waals surface area contributed by atoms with Crippen LogP contribution in [0.1, 0.15) is 80.1 Å². The third-order valence-electron chi connectivity index (χ3n) is 7.60. The van der Waals surface area contributed by atoms with Crippen LogP contribution >= 0.6 is 0 Å². The zero-order chi connectivity index (χ0) is 18.1. The van der Waals surface area contributed by atoms with Gasteiger partial charge in [-0.05, 0) is 96.3 Å². The first-order valence-corrected chi connectivity index (χ1v) is 11.0. The van der Waals surface area contributed by atoms with Crippen LogP contribution in [0.4, 0.5) is 0 Å². The largest absolute Gasteiger partial charge is 0.117 e. The molecule has 0 heterocycles. The van der Waals surface area contributed by atoms with Gasteiger partial charge in [-0.3, -0.25) is 0 Å². The molecule has 2 fully saturated rings. The van der Waals surface area contributed by atoms with Crippen LogP contribution in [0, 0.1) is 47.3 Å². The summed E-state index contributed by atoms with van der Waals surface area (Å²) in [6.07, 6.45) is 13.4. The summed E-state index contributed by atoms with van der Waals surface area (Å²) in [5.74, 6) is 6.60. The van der Waals surface area contributed by atoms with E-state index >= 15 is 0 Å². The molecule has 0 radical (unpaired) electrons. The maximum absolute atomic E-state index is 3.75. The van der Waals surface area contributed by atoms with Gasteiger partial charge in [0.15, 0.2) is 0 Å². The van der Waals surface area contributed by atoms with Gasteiger partial charge in [0.1, 0.15) is 0 Å². The van der Waals surface area contributed by atoms with E-state index in [1.807, 2.05) is 0 Å². The van der Waals surface area contributed by atoms with E-state index in [0.29, 0.717) is 0 Å². The van der Waals surface area contributed by atoms with Crippen LogP contribution in [0.15, 0.2) is 29.0 Å². The first-order valence-electron chi connectivity index (χ1n) is 11.0. The fraction of sp³-hybridized carbons (Fsp3) is 0.800. The highest BCUT2D eigenvalue weighted by atomic mass is 14.4. The molecule has 6 atom stereocenters. The molecule has 3 aliphatic carbocycles. The highest BCUT2D eigenvalue weighted by molar-refractivity contribution is 5.41. The van der Waals surface area contributed by atoms with E-state index < -0.39 is 0 Å². The first-order chi connectivity index (χ1) is 11.9. The van der Waals surface area contributed by atoms with Gasteiger partial charge in [0.05, 0.1) is 0 Å². The molecule has 2 saturated carbocycles. The number of hydrogen-bond donors (Lipinski definition) is 0. The second-order valence-corrected chi connectivity index (χ2v) is 10.3. The summed E-state index contributed by atoms with van der Waals surface area (Å²) in [4.78, 5) is 0. The van der Waals surface area contributed by atoms with Crippen LogP contribution in [-0.2, 0) is 0 Å². The predicted molar refractivity (Wildman–Crippen MR) is 109 cm³/mol. The van der Waals surface area contributed by atoms with Crippen molar-refractivity contribution in [1.82, 2.24) is 0 Å². The fourth-order valence-electron chi connectivity index (χ4n) is 6.00. The topological polar surface area (TPSA) is 0 Å². The van der Waals surface area contributed by atoms with Gasteiger partial charge >= 0.3 is 0 Å². The van der Waals surface area contributed by atoms with Gasteiger partial charge < -0.3 is 0 Å². The van der Waals surface area contributed by atoms with E-state index in [9.17, 15) is 0 Å². The Morgan fingerprint density at radius 1 is 0.800 bits per heavy atom. The molecule has 0 amide bonds. The highest BCUT2D eigenvalue weighted by Crippen LogP contribution is 2.46. The van der Waals surface area contributed by atoms with Gasteiger partial charge in [0.25, 0.3) is 0 Å². The molecule has 0 aromatic rings. The number of allylic oxidation sites excluding steroid dienone is 3. The highest BCUT2D eigenvalue weighted by Gasteiger charge is 2.36. The molecule has 140 valence electrons. The molecule has 0 bridgehead atoms. The molecule has 25 heavy (non-hydrogen) atoms. The predicted octanol–water partition coefficient (Wildman–Crippen LogP) is 7.42. The Kier molecular flexibility index (Phi) is 5.99. The molecular formula is C25H40. The minimum Gasteiger partial charge on any atom is -0.117 e. The Morgan fingerprint density at radius 2 is 1.32 bits per heavy atom. The quantitative estimate of drug-likeness (QED) is 0.467. The van der Waals surface area contributed by atoms with Gasteiger partial charge in [-0.1, -0.05) is 54.4 Å². The Labute approximate surface area is 156 Å². The molecule has 0 saturated heterocycles. The van der Waals surface area contributed by atoms with Crippen LogP contribution in [0.3, 0.4) is 0 Å². The number of hydrogen-bond acceptors (Lipinski definition) is 0. The summed E-state index contributed by atoms with van der Waals surface area (Å²) in [5, 5.41) is 0. The van der Waals surface area contributed by atoms with Crippen molar-refractivity contribution in [2.45, 2.75) is 80.1 Å². The van der Waals surface area contributed by atoms with Gasteiger partial charge in [0.2, 0.25) is 0 Å². The van der Waals surface area contributed by atoms with Crippen molar-refractivity contribution in [3.63, 3.8) is 0 Å². The SMILES string of the molecule is CC(C)[C@@H]1CC[C@@H](C)C[C@H]1C1=C=CC([C@@H]2C[C@H](C)CC[C@H]2C(C)C)=C1. The average molecular weight is 341 g/mol. The summed E-state index contributed by atoms with van der Waals surface area (Å²) < 4.78 is 0. The second kappa shape index (κ2) is 7.87. The average Bonchev–Trinajstić information content (AvgIpc) is 3.03. The van der Waals surface area contributed by atoms with Crippen LogP contribution in [0.2, 0.25) is 0 Å². The van der Waals surface area contributed by atoms with E-state index in [4.69, 9.17) is 0 Å². The third-order valence-corrected chi connectivity index (χ3v) is 7.60. The lowest BCUT2D eigenvalue weighted by Gasteiger charge is -2.39. The maximum atomic E-state index is 3.75. The van der Waals surface area contributed by atoms with Gasteiger partial charge in [-0.25, -0.2) is 0 Å². The minimum atomic E-state index is 0.746. The molecule has 3 aliphatic rings. The van der Waals surface area contributed by atoms with Crippen molar-refractivity contribution in [2.24, 2.45) is 47.3 Å². The van der Waals surface area contributed by atoms with Gasteiger partial charge in [-0.15, -0.1) is 5.73 Å². The normalized spacial score (nSPS) is 39.0. The second-order valence-electron chi connectivity index (χ2n) is 10.3. The van der Waals surface area contributed by atoms with Crippen molar-refractivity contribution in [2.75, 3.05) is 0 Å². The summed E-state index contributed by atoms with van der Waals surface area (Å²) in [6, 6.07) is 0. The zero-order valence-electron chi connectivity index (χ0n) is 17.5. The molecule has 0 aliphatic heterocycles. The lowest BCUT2D eigenvalue weighted by atomic mass is 9.66. The Morgan fingerprint density at radius 3 is 1.88 bits per heavy atom. The van der Waals surface area contributed by atoms with E-state index in [2.05, 4.69) is 59.4 Å². The lowest BCUT2D eigenvalue weighted by molar-refractivity contribution is 0.169. The molecule has 0 N–H and O–H groups in total. The monoisotopic (exact) mass is 340 g/mol. The molecule has 0 aromatic heterocycles. The van der Waals surface area contributed by atoms with Gasteiger partial charge in [0, 0.05) is 0 Å². The van der Waals surface area contributed by atoms with Crippen molar-refractivity contribution in [3.05, 3.63) is 29.0 Å². The van der Waals surface area contributed by atoms with Crippen molar-refractivity contribution in [1.29, 1.82) is 0 Å². The lowest BCUT2D eigenvalue weighted by Crippen LogP contribution is -2.29. The minimum absolute atomic E-state index is 0.746. The van der Waals surface area contributed by atoms with Crippen molar-refractivity contribution in [3.8, 4) is 0 Å². The summed E-state index contributed by atoms with van der Waals surface area (Å²) >= 11 is 0. The van der Waals surface area contributed by atoms with Crippen molar-refractivity contribution < 1.29 is 0 Å². The third kappa shape index (κ3) is 4.16. The van der Waals surface area contributed by atoms with E-state index in [0.717, 1.165) is 47.3 Å². The Hall–Kier alpha value is -0.740. The fourth-order valence-corrected chi connectivity index (χ4v) is 6.00. The van der Waals surface area contributed by atoms with Crippen LogP contribution < -0.4 is 0 Å². The van der Waals surface area contributed by atoms with E-state index in [1.165, 1.54) is 38.5 Å². The summed E-state index contributed by atoms with van der Waals surface area (Å²) in [5.41, 5.74) is 6.91. The van der Waals surface area contributed by atoms with Crippen molar-refractivity contribution >= 4 is 0 Å². The Balaban J connectivity index is 1.79. The van der Waals surface area contributed by atoms with Crippen LogP contribution in [0.25, 0.3) is 0 Å². The van der Waals surface area contributed by atoms with Crippen LogP contribution in [0.5, 0.6) is 0 Å². The summed E-state index contributed by atoms with van der Waals surface area (Å²) in [7, 11) is 0. The summed E-state index contributed by atoms with van der Waals surface area (Å²) in [6.45, 7) is 14.6. The zero-order valence-corrected chi connectivity index (χ0v) is 17.5. The van der Waals surface area contributed by atoms with E-state index in [-0.39, 0.29) is 0 Å². The molecular weight excluding hydrogens is 300 g/mol. The molecule has 0 nitrogen and oxygen atoms in total. The van der Waals surface area contributed by atoms with Gasteiger partial charge in [-0.2, -0.15) is 0 Å². The van der Waals surface area contributed by atoms with E-state index in [1.54, 1.807) is 11.1 Å². The molecule has 0 unspecified atom stereocenters. The molecule has 0 spiro atoms. The molecule has 0 aromatic carbocycles.